The predicted molar refractivity (Wildman–Crippen MR) is 108 cm³/mol. The van der Waals surface area contributed by atoms with Gasteiger partial charge in [-0.2, -0.15) is 0 Å². The van der Waals surface area contributed by atoms with Crippen molar-refractivity contribution in [2.24, 2.45) is 0 Å². The molecule has 1 heterocycles. The Morgan fingerprint density at radius 3 is 2.41 bits per heavy atom. The van der Waals surface area contributed by atoms with Crippen LogP contribution >= 0.6 is 0 Å². The highest BCUT2D eigenvalue weighted by atomic mass is 32.2. The number of nitrogens with one attached hydrogen (secondary N) is 1. The minimum absolute atomic E-state index is 0.0536. The Labute approximate surface area is 161 Å². The van der Waals surface area contributed by atoms with Crippen molar-refractivity contribution in [3.8, 4) is 0 Å². The summed E-state index contributed by atoms with van der Waals surface area (Å²) >= 11 is 0. The zero-order valence-electron chi connectivity index (χ0n) is 15.5. The monoisotopic (exact) mass is 408 g/mol. The van der Waals surface area contributed by atoms with Crippen molar-refractivity contribution in [1.82, 2.24) is 0 Å². The first-order valence-corrected chi connectivity index (χ1v) is 12.0. The third-order valence-corrected chi connectivity index (χ3v) is 7.83. The number of benzene rings is 2. The fraction of sp³-hybridized carbons (Fsp3) is 0.368. The van der Waals surface area contributed by atoms with Gasteiger partial charge in [-0.1, -0.05) is 24.6 Å². The average Bonchev–Trinajstić information content (AvgIpc) is 2.61. The fourth-order valence-electron chi connectivity index (χ4n) is 3.21. The lowest BCUT2D eigenvalue weighted by Crippen LogP contribution is -2.35. The number of hydrogen-bond acceptors (Lipinski definition) is 4. The fourth-order valence-corrected chi connectivity index (χ4v) is 5.88. The van der Waals surface area contributed by atoms with E-state index in [2.05, 4.69) is 4.72 Å². The van der Waals surface area contributed by atoms with E-state index in [9.17, 15) is 16.8 Å². The molecule has 0 saturated carbocycles. The zero-order chi connectivity index (χ0) is 19.7. The highest BCUT2D eigenvalue weighted by Crippen LogP contribution is 2.34. The van der Waals surface area contributed by atoms with Gasteiger partial charge in [-0.15, -0.1) is 0 Å². The molecule has 2 aromatic rings. The molecule has 146 valence electrons. The maximum absolute atomic E-state index is 13.1. The molecule has 0 fully saturated rings. The zero-order valence-corrected chi connectivity index (χ0v) is 17.1. The van der Waals surface area contributed by atoms with Crippen molar-refractivity contribution in [1.29, 1.82) is 0 Å². The molecule has 6 nitrogen and oxygen atoms in total. The van der Waals surface area contributed by atoms with E-state index >= 15 is 0 Å². The standard InChI is InChI=1S/C19H24N2O4S2/c1-3-13-26(22,23)20-17-8-11-19-16(14-17)5-4-12-21(19)27(24,25)18-9-6-15(2)7-10-18/h6-11,14,20H,3-5,12-13H2,1-2H3. The summed E-state index contributed by atoms with van der Waals surface area (Å²) in [5.41, 5.74) is 2.91. The Bertz CT molecular complexity index is 1030. The van der Waals surface area contributed by atoms with E-state index < -0.39 is 20.0 Å². The molecule has 8 heteroatoms. The minimum Gasteiger partial charge on any atom is -0.284 e. The van der Waals surface area contributed by atoms with Crippen molar-refractivity contribution in [2.45, 2.75) is 38.0 Å². The lowest BCUT2D eigenvalue weighted by atomic mass is 10.0. The third-order valence-electron chi connectivity index (χ3n) is 4.51. The minimum atomic E-state index is -3.65. The first kappa shape index (κ1) is 19.7. The van der Waals surface area contributed by atoms with Crippen molar-refractivity contribution < 1.29 is 16.8 Å². The Kier molecular flexibility index (Phi) is 5.48. The van der Waals surface area contributed by atoms with E-state index in [1.165, 1.54) is 4.31 Å². The van der Waals surface area contributed by atoms with Crippen LogP contribution in [0, 0.1) is 6.92 Å². The van der Waals surface area contributed by atoms with Gasteiger partial charge in [0.2, 0.25) is 10.0 Å². The predicted octanol–water partition coefficient (Wildman–Crippen LogP) is 3.29. The van der Waals surface area contributed by atoms with Crippen LogP contribution in [-0.4, -0.2) is 29.1 Å². The molecule has 0 aromatic heterocycles. The molecule has 0 bridgehead atoms. The van der Waals surface area contributed by atoms with Crippen LogP contribution in [0.1, 0.15) is 30.9 Å². The quantitative estimate of drug-likeness (QED) is 0.795. The average molecular weight is 409 g/mol. The van der Waals surface area contributed by atoms with Gasteiger partial charge >= 0.3 is 0 Å². The number of fused-ring (bicyclic) bond motifs is 1. The van der Waals surface area contributed by atoms with Gasteiger partial charge in [0, 0.05) is 12.2 Å². The van der Waals surface area contributed by atoms with Gasteiger partial charge in [-0.05, 0) is 62.1 Å². The molecule has 0 spiro atoms. The first-order valence-electron chi connectivity index (χ1n) is 8.96. The summed E-state index contributed by atoms with van der Waals surface area (Å²) in [7, 11) is -7.04. The molecule has 1 N–H and O–H groups in total. The summed E-state index contributed by atoms with van der Waals surface area (Å²) in [6, 6.07) is 11.8. The van der Waals surface area contributed by atoms with Gasteiger partial charge in [0.15, 0.2) is 0 Å². The van der Waals surface area contributed by atoms with Crippen molar-refractivity contribution in [3.63, 3.8) is 0 Å². The van der Waals surface area contributed by atoms with Gasteiger partial charge in [0.1, 0.15) is 0 Å². The van der Waals surface area contributed by atoms with Gasteiger partial charge in [0.05, 0.1) is 16.3 Å². The Morgan fingerprint density at radius 1 is 1.04 bits per heavy atom. The SMILES string of the molecule is CCCS(=O)(=O)Nc1ccc2c(c1)CCCN2S(=O)(=O)c1ccc(C)cc1. The highest BCUT2D eigenvalue weighted by molar-refractivity contribution is 7.93. The molecule has 3 rings (SSSR count). The van der Waals surface area contributed by atoms with Crippen LogP contribution in [0.3, 0.4) is 0 Å². The normalized spacial score (nSPS) is 14.7. The van der Waals surface area contributed by atoms with Gasteiger partial charge in [-0.3, -0.25) is 9.03 Å². The van der Waals surface area contributed by atoms with Crippen LogP contribution in [0.2, 0.25) is 0 Å². The van der Waals surface area contributed by atoms with Crippen molar-refractivity contribution in [2.75, 3.05) is 21.3 Å². The Hall–Kier alpha value is -2.06. The highest BCUT2D eigenvalue weighted by Gasteiger charge is 2.29. The molecule has 0 unspecified atom stereocenters. The second kappa shape index (κ2) is 7.52. The molecule has 27 heavy (non-hydrogen) atoms. The maximum atomic E-state index is 13.1. The van der Waals surface area contributed by atoms with E-state index in [1.54, 1.807) is 49.4 Å². The lowest BCUT2D eigenvalue weighted by Gasteiger charge is -2.31. The first-order chi connectivity index (χ1) is 12.7. The van der Waals surface area contributed by atoms with Crippen LogP contribution in [0.25, 0.3) is 0 Å². The van der Waals surface area contributed by atoms with Crippen molar-refractivity contribution >= 4 is 31.4 Å². The third kappa shape index (κ3) is 4.27. The van der Waals surface area contributed by atoms with Crippen LogP contribution in [0.4, 0.5) is 11.4 Å². The summed E-state index contributed by atoms with van der Waals surface area (Å²) in [6.45, 7) is 4.12. The molecule has 0 atom stereocenters. The van der Waals surface area contributed by atoms with E-state index in [0.29, 0.717) is 37.2 Å². The second-order valence-corrected chi connectivity index (χ2v) is 10.5. The molecule has 0 amide bonds. The summed E-state index contributed by atoms with van der Waals surface area (Å²) in [4.78, 5) is 0.258. The maximum Gasteiger partial charge on any atom is 0.264 e. The summed E-state index contributed by atoms with van der Waals surface area (Å²) in [5, 5.41) is 0. The molecular formula is C19H24N2O4S2. The summed E-state index contributed by atoms with van der Waals surface area (Å²) in [5.74, 6) is 0.0536. The van der Waals surface area contributed by atoms with Crippen molar-refractivity contribution in [3.05, 3.63) is 53.6 Å². The van der Waals surface area contributed by atoms with E-state index in [0.717, 1.165) is 11.1 Å². The molecule has 0 aliphatic carbocycles. The van der Waals surface area contributed by atoms with Gasteiger partial charge in [0.25, 0.3) is 10.0 Å². The number of sulfonamides is 2. The molecule has 1 aliphatic heterocycles. The number of anilines is 2. The molecular weight excluding hydrogens is 384 g/mol. The van der Waals surface area contributed by atoms with Gasteiger partial charge < -0.3 is 0 Å². The lowest BCUT2D eigenvalue weighted by molar-refractivity contribution is 0.586. The van der Waals surface area contributed by atoms with Gasteiger partial charge in [-0.25, -0.2) is 16.8 Å². The molecule has 2 aromatic carbocycles. The topological polar surface area (TPSA) is 83.6 Å². The molecule has 1 aliphatic rings. The number of nitrogens with zero attached hydrogens (tertiary/aromatic N) is 1. The van der Waals surface area contributed by atoms with Crippen LogP contribution < -0.4 is 9.03 Å². The number of hydrogen-bond donors (Lipinski definition) is 1. The smallest absolute Gasteiger partial charge is 0.264 e. The van der Waals surface area contributed by atoms with Crippen LogP contribution in [-0.2, 0) is 26.5 Å². The summed E-state index contributed by atoms with van der Waals surface area (Å²) < 4.78 is 54.1. The van der Waals surface area contributed by atoms with E-state index in [4.69, 9.17) is 0 Å². The molecule has 0 radical (unpaired) electrons. The Balaban J connectivity index is 1.94. The Morgan fingerprint density at radius 2 is 1.74 bits per heavy atom. The van der Waals surface area contributed by atoms with E-state index in [-0.39, 0.29) is 10.6 Å². The van der Waals surface area contributed by atoms with E-state index in [1.807, 2.05) is 6.92 Å². The van der Waals surface area contributed by atoms with Crippen LogP contribution in [0.15, 0.2) is 47.4 Å². The number of rotatable bonds is 6. The molecule has 0 saturated heterocycles. The number of aryl methyl sites for hydroxylation is 2. The second-order valence-electron chi connectivity index (χ2n) is 6.76. The van der Waals surface area contributed by atoms with Crippen LogP contribution in [0.5, 0.6) is 0 Å². The largest absolute Gasteiger partial charge is 0.284 e. The summed E-state index contributed by atoms with van der Waals surface area (Å²) in [6.07, 6.45) is 1.92.